The Balaban J connectivity index is 2.04. The van der Waals surface area contributed by atoms with Crippen LogP contribution < -0.4 is 10.1 Å². The Labute approximate surface area is 121 Å². The van der Waals surface area contributed by atoms with E-state index in [1.165, 1.54) is 12.8 Å². The Bertz CT molecular complexity index is 442. The number of nitrogens with zero attached hydrogens (tertiary/aromatic N) is 3. The van der Waals surface area contributed by atoms with Crippen LogP contribution in [0.1, 0.15) is 44.0 Å². The largest absolute Gasteiger partial charge is 0.476 e. The molecule has 0 amide bonds. The van der Waals surface area contributed by atoms with Gasteiger partial charge in [-0.05, 0) is 32.9 Å². The van der Waals surface area contributed by atoms with Crippen molar-refractivity contribution in [1.82, 2.24) is 14.9 Å². The Morgan fingerprint density at radius 2 is 1.95 bits per heavy atom. The molecule has 1 fully saturated rings. The van der Waals surface area contributed by atoms with Crippen LogP contribution in [0.25, 0.3) is 0 Å². The quantitative estimate of drug-likeness (QED) is 0.791. The SMILES string of the molecule is CCN(CC)CCOc1nc(C2CC2)nc(NC)c1C. The summed E-state index contributed by atoms with van der Waals surface area (Å²) in [5.74, 6) is 3.09. The summed E-state index contributed by atoms with van der Waals surface area (Å²) in [4.78, 5) is 11.5. The first kappa shape index (κ1) is 15.0. The smallest absolute Gasteiger partial charge is 0.221 e. The Morgan fingerprint density at radius 1 is 1.25 bits per heavy atom. The van der Waals surface area contributed by atoms with Crippen molar-refractivity contribution < 1.29 is 4.74 Å². The van der Waals surface area contributed by atoms with Gasteiger partial charge in [-0.25, -0.2) is 4.98 Å². The summed E-state index contributed by atoms with van der Waals surface area (Å²) in [6.45, 7) is 10.1. The topological polar surface area (TPSA) is 50.3 Å². The molecule has 1 saturated carbocycles. The lowest BCUT2D eigenvalue weighted by atomic mass is 10.3. The average molecular weight is 278 g/mol. The second-order valence-electron chi connectivity index (χ2n) is 5.26. The Kier molecular flexibility index (Phi) is 5.17. The number of likely N-dealkylation sites (N-methyl/N-ethyl adjacent to an activating group) is 1. The van der Waals surface area contributed by atoms with E-state index < -0.39 is 0 Å². The average Bonchev–Trinajstić information content (AvgIpc) is 3.30. The van der Waals surface area contributed by atoms with Crippen molar-refractivity contribution in [2.24, 2.45) is 0 Å². The third kappa shape index (κ3) is 3.60. The van der Waals surface area contributed by atoms with E-state index in [0.717, 1.165) is 42.7 Å². The van der Waals surface area contributed by atoms with Crippen LogP contribution in [0.4, 0.5) is 5.82 Å². The van der Waals surface area contributed by atoms with E-state index in [0.29, 0.717) is 12.5 Å². The lowest BCUT2D eigenvalue weighted by Crippen LogP contribution is -2.28. The van der Waals surface area contributed by atoms with Crippen molar-refractivity contribution in [3.8, 4) is 5.88 Å². The Morgan fingerprint density at radius 3 is 2.50 bits per heavy atom. The first-order valence-electron chi connectivity index (χ1n) is 7.61. The van der Waals surface area contributed by atoms with Crippen LogP contribution >= 0.6 is 0 Å². The Hall–Kier alpha value is -1.36. The zero-order valence-electron chi connectivity index (χ0n) is 13.1. The molecule has 0 bridgehead atoms. The van der Waals surface area contributed by atoms with Crippen LogP contribution in [0.3, 0.4) is 0 Å². The van der Waals surface area contributed by atoms with Gasteiger partial charge in [0.15, 0.2) is 0 Å². The molecule has 1 heterocycles. The predicted molar refractivity (Wildman–Crippen MR) is 81.6 cm³/mol. The fourth-order valence-corrected chi connectivity index (χ4v) is 2.23. The van der Waals surface area contributed by atoms with Crippen LogP contribution in [-0.4, -0.2) is 48.2 Å². The molecule has 1 N–H and O–H groups in total. The summed E-state index contributed by atoms with van der Waals surface area (Å²) < 4.78 is 5.90. The number of hydrogen-bond acceptors (Lipinski definition) is 5. The van der Waals surface area contributed by atoms with Gasteiger partial charge in [-0.15, -0.1) is 0 Å². The highest BCUT2D eigenvalue weighted by Crippen LogP contribution is 2.39. The van der Waals surface area contributed by atoms with Crippen LogP contribution in [0.2, 0.25) is 0 Å². The molecular formula is C15H26N4O. The van der Waals surface area contributed by atoms with Gasteiger partial charge in [0.2, 0.25) is 5.88 Å². The predicted octanol–water partition coefficient (Wildman–Crippen LogP) is 2.42. The zero-order chi connectivity index (χ0) is 14.5. The van der Waals surface area contributed by atoms with E-state index in [1.807, 2.05) is 14.0 Å². The highest BCUT2D eigenvalue weighted by atomic mass is 16.5. The summed E-state index contributed by atoms with van der Waals surface area (Å²) in [5, 5.41) is 3.14. The molecule has 20 heavy (non-hydrogen) atoms. The number of anilines is 1. The van der Waals surface area contributed by atoms with E-state index in [4.69, 9.17) is 4.74 Å². The highest BCUT2D eigenvalue weighted by molar-refractivity contribution is 5.48. The maximum atomic E-state index is 5.90. The van der Waals surface area contributed by atoms with Crippen molar-refractivity contribution in [2.75, 3.05) is 38.6 Å². The van der Waals surface area contributed by atoms with Crippen LogP contribution in [0.15, 0.2) is 0 Å². The number of hydrogen-bond donors (Lipinski definition) is 1. The molecule has 0 saturated heterocycles. The van der Waals surface area contributed by atoms with Crippen LogP contribution in [0.5, 0.6) is 5.88 Å². The lowest BCUT2D eigenvalue weighted by molar-refractivity contribution is 0.216. The van der Waals surface area contributed by atoms with Gasteiger partial charge in [0.1, 0.15) is 18.2 Å². The molecule has 0 unspecified atom stereocenters. The normalized spacial score (nSPS) is 14.7. The zero-order valence-corrected chi connectivity index (χ0v) is 13.1. The summed E-state index contributed by atoms with van der Waals surface area (Å²) in [7, 11) is 1.89. The fraction of sp³-hybridized carbons (Fsp3) is 0.733. The molecule has 0 aromatic carbocycles. The monoisotopic (exact) mass is 278 g/mol. The highest BCUT2D eigenvalue weighted by Gasteiger charge is 2.28. The summed E-state index contributed by atoms with van der Waals surface area (Å²) in [6, 6.07) is 0. The molecule has 0 aliphatic heterocycles. The molecule has 5 nitrogen and oxygen atoms in total. The standard InChI is InChI=1S/C15H26N4O/c1-5-19(6-2)9-10-20-15-11(3)13(16-4)17-14(18-15)12-7-8-12/h12H,5-10H2,1-4H3,(H,16,17,18). The third-order valence-corrected chi connectivity index (χ3v) is 3.84. The van der Waals surface area contributed by atoms with E-state index in [9.17, 15) is 0 Å². The second kappa shape index (κ2) is 6.88. The summed E-state index contributed by atoms with van der Waals surface area (Å²) >= 11 is 0. The van der Waals surface area contributed by atoms with Crippen molar-refractivity contribution in [2.45, 2.75) is 39.5 Å². The van der Waals surface area contributed by atoms with Gasteiger partial charge in [0.05, 0.1) is 5.56 Å². The number of rotatable bonds is 8. The molecule has 1 aromatic heterocycles. The van der Waals surface area contributed by atoms with Gasteiger partial charge in [-0.2, -0.15) is 4.98 Å². The first-order valence-corrected chi connectivity index (χ1v) is 7.61. The van der Waals surface area contributed by atoms with Crippen LogP contribution in [0, 0.1) is 6.92 Å². The molecule has 1 aliphatic carbocycles. The summed E-state index contributed by atoms with van der Waals surface area (Å²) in [6.07, 6.45) is 2.40. The number of nitrogens with one attached hydrogen (secondary N) is 1. The van der Waals surface area contributed by atoms with Crippen molar-refractivity contribution >= 4 is 5.82 Å². The van der Waals surface area contributed by atoms with E-state index in [1.54, 1.807) is 0 Å². The lowest BCUT2D eigenvalue weighted by Gasteiger charge is -2.19. The van der Waals surface area contributed by atoms with Gasteiger partial charge in [-0.1, -0.05) is 13.8 Å². The number of ether oxygens (including phenoxy) is 1. The molecule has 1 aromatic rings. The molecule has 2 rings (SSSR count). The van der Waals surface area contributed by atoms with Crippen molar-refractivity contribution in [3.05, 3.63) is 11.4 Å². The maximum Gasteiger partial charge on any atom is 0.221 e. The number of aromatic nitrogens is 2. The van der Waals surface area contributed by atoms with Gasteiger partial charge in [0, 0.05) is 19.5 Å². The van der Waals surface area contributed by atoms with Gasteiger partial charge in [0.25, 0.3) is 0 Å². The molecule has 112 valence electrons. The first-order chi connectivity index (χ1) is 9.69. The second-order valence-corrected chi connectivity index (χ2v) is 5.26. The van der Waals surface area contributed by atoms with Gasteiger partial charge >= 0.3 is 0 Å². The minimum atomic E-state index is 0.535. The van der Waals surface area contributed by atoms with Crippen molar-refractivity contribution in [3.63, 3.8) is 0 Å². The summed E-state index contributed by atoms with van der Waals surface area (Å²) in [5.41, 5.74) is 0.997. The van der Waals surface area contributed by atoms with Crippen molar-refractivity contribution in [1.29, 1.82) is 0 Å². The van der Waals surface area contributed by atoms with Gasteiger partial charge in [-0.3, -0.25) is 0 Å². The van der Waals surface area contributed by atoms with E-state index >= 15 is 0 Å². The minimum absolute atomic E-state index is 0.535. The molecule has 0 radical (unpaired) electrons. The third-order valence-electron chi connectivity index (χ3n) is 3.84. The molecular weight excluding hydrogens is 252 g/mol. The fourth-order valence-electron chi connectivity index (χ4n) is 2.23. The molecule has 0 spiro atoms. The van der Waals surface area contributed by atoms with Gasteiger partial charge < -0.3 is 15.0 Å². The molecule has 5 heteroatoms. The van der Waals surface area contributed by atoms with Crippen LogP contribution in [-0.2, 0) is 0 Å². The van der Waals surface area contributed by atoms with E-state index in [-0.39, 0.29) is 0 Å². The molecule has 1 aliphatic rings. The van der Waals surface area contributed by atoms with E-state index in [2.05, 4.69) is 34.0 Å². The maximum absolute atomic E-state index is 5.90. The molecule has 0 atom stereocenters. The minimum Gasteiger partial charge on any atom is -0.476 e.